The minimum Gasteiger partial charge on any atom is -0.322 e. The Morgan fingerprint density at radius 3 is 2.63 bits per heavy atom. The summed E-state index contributed by atoms with van der Waals surface area (Å²) in [7, 11) is 0. The monoisotopic (exact) mass is 394 g/mol. The molecular formula is C21H18N2O2S2. The maximum Gasteiger partial charge on any atom is 0.259 e. The van der Waals surface area contributed by atoms with Crippen molar-refractivity contribution < 1.29 is 9.59 Å². The highest BCUT2D eigenvalue weighted by Crippen LogP contribution is 2.43. The molecule has 0 saturated heterocycles. The summed E-state index contributed by atoms with van der Waals surface area (Å²) in [6, 6.07) is 15.2. The van der Waals surface area contributed by atoms with Crippen LogP contribution in [0.5, 0.6) is 0 Å². The van der Waals surface area contributed by atoms with Gasteiger partial charge in [-0.2, -0.15) is 11.3 Å². The molecule has 0 bridgehead atoms. The molecule has 136 valence electrons. The zero-order chi connectivity index (χ0) is 19.0. The summed E-state index contributed by atoms with van der Waals surface area (Å²) < 4.78 is 0. The van der Waals surface area contributed by atoms with E-state index in [-0.39, 0.29) is 17.9 Å². The molecule has 2 aromatic carbocycles. The van der Waals surface area contributed by atoms with Gasteiger partial charge in [-0.25, -0.2) is 0 Å². The van der Waals surface area contributed by atoms with E-state index in [0.29, 0.717) is 16.8 Å². The third-order valence-electron chi connectivity index (χ3n) is 4.33. The predicted octanol–water partition coefficient (Wildman–Crippen LogP) is 5.52. The highest BCUT2D eigenvalue weighted by atomic mass is 32.2. The van der Waals surface area contributed by atoms with Gasteiger partial charge in [-0.05, 0) is 55.6 Å². The van der Waals surface area contributed by atoms with E-state index in [1.54, 1.807) is 17.8 Å². The molecule has 4 rings (SSSR count). The Morgan fingerprint density at radius 1 is 1.07 bits per heavy atom. The zero-order valence-corrected chi connectivity index (χ0v) is 16.6. The smallest absolute Gasteiger partial charge is 0.259 e. The molecule has 0 spiro atoms. The van der Waals surface area contributed by atoms with Crippen molar-refractivity contribution in [1.29, 1.82) is 0 Å². The van der Waals surface area contributed by atoms with E-state index >= 15 is 0 Å². The maximum absolute atomic E-state index is 13.1. The van der Waals surface area contributed by atoms with Crippen LogP contribution in [0.1, 0.15) is 34.6 Å². The fourth-order valence-corrected chi connectivity index (χ4v) is 4.81. The lowest BCUT2D eigenvalue weighted by atomic mass is 10.1. The number of carbonyl (C=O) groups excluding carboxylic acids is 2. The number of nitrogens with zero attached hydrogens (tertiary/aromatic N) is 1. The lowest BCUT2D eigenvalue weighted by Gasteiger charge is -2.27. The second kappa shape index (κ2) is 7.21. The van der Waals surface area contributed by atoms with Crippen LogP contribution in [0.4, 0.5) is 11.4 Å². The van der Waals surface area contributed by atoms with Crippen molar-refractivity contribution in [2.75, 3.05) is 10.2 Å². The highest BCUT2D eigenvalue weighted by molar-refractivity contribution is 7.99. The van der Waals surface area contributed by atoms with Gasteiger partial charge < -0.3 is 10.2 Å². The zero-order valence-electron chi connectivity index (χ0n) is 14.9. The van der Waals surface area contributed by atoms with Crippen molar-refractivity contribution in [3.63, 3.8) is 0 Å². The lowest BCUT2D eigenvalue weighted by molar-refractivity contribution is 0.0976. The molecule has 1 aliphatic heterocycles. The number of nitrogens with one attached hydrogen (secondary N) is 1. The van der Waals surface area contributed by atoms with Gasteiger partial charge in [0, 0.05) is 26.9 Å². The van der Waals surface area contributed by atoms with Gasteiger partial charge in [-0.3, -0.25) is 9.59 Å². The summed E-state index contributed by atoms with van der Waals surface area (Å²) >= 11 is 3.05. The number of fused-ring (bicyclic) bond motifs is 2. The van der Waals surface area contributed by atoms with Crippen LogP contribution in [-0.4, -0.2) is 17.9 Å². The fourth-order valence-electron chi connectivity index (χ4n) is 3.07. The molecule has 0 saturated carbocycles. The lowest BCUT2D eigenvalue weighted by Crippen LogP contribution is -2.36. The number of benzene rings is 2. The molecule has 0 aliphatic carbocycles. The Balaban J connectivity index is 1.75. The molecule has 2 heterocycles. The second-order valence-electron chi connectivity index (χ2n) is 6.52. The minimum atomic E-state index is -0.132. The van der Waals surface area contributed by atoms with Gasteiger partial charge in [0.05, 0.1) is 16.8 Å². The number of carbonyl (C=O) groups is 2. The van der Waals surface area contributed by atoms with Crippen LogP contribution in [0, 0.1) is 0 Å². The van der Waals surface area contributed by atoms with Crippen LogP contribution in [0.2, 0.25) is 0 Å². The molecule has 1 aliphatic rings. The third-order valence-corrected chi connectivity index (χ3v) is 6.14. The van der Waals surface area contributed by atoms with E-state index in [1.165, 1.54) is 11.3 Å². The third kappa shape index (κ3) is 3.38. The molecule has 6 heteroatoms. The van der Waals surface area contributed by atoms with Crippen molar-refractivity contribution in [3.05, 3.63) is 70.4 Å². The summed E-state index contributed by atoms with van der Waals surface area (Å²) in [5.74, 6) is -0.131. The Hall–Kier alpha value is -2.57. The van der Waals surface area contributed by atoms with Crippen LogP contribution in [0.15, 0.2) is 69.1 Å². The molecular weight excluding hydrogens is 376 g/mol. The van der Waals surface area contributed by atoms with E-state index in [4.69, 9.17) is 0 Å². The first-order valence-electron chi connectivity index (χ1n) is 8.62. The normalized spacial score (nSPS) is 13.1. The summed E-state index contributed by atoms with van der Waals surface area (Å²) in [5, 5.41) is 6.65. The minimum absolute atomic E-state index is 0.00177. The molecule has 2 amide bonds. The topological polar surface area (TPSA) is 49.4 Å². The number of amides is 2. The van der Waals surface area contributed by atoms with Crippen molar-refractivity contribution in [3.8, 4) is 0 Å². The van der Waals surface area contributed by atoms with Crippen LogP contribution >= 0.6 is 23.1 Å². The maximum atomic E-state index is 13.1. The molecule has 4 nitrogen and oxygen atoms in total. The first kappa shape index (κ1) is 17.8. The number of hydrogen-bond donors (Lipinski definition) is 1. The second-order valence-corrected chi connectivity index (χ2v) is 8.38. The van der Waals surface area contributed by atoms with Crippen molar-refractivity contribution in [2.24, 2.45) is 0 Å². The Bertz CT molecular complexity index is 1010. The van der Waals surface area contributed by atoms with Crippen LogP contribution < -0.4 is 10.2 Å². The Labute approximate surface area is 166 Å². The van der Waals surface area contributed by atoms with E-state index in [9.17, 15) is 9.59 Å². The van der Waals surface area contributed by atoms with Crippen LogP contribution in [-0.2, 0) is 0 Å². The number of anilines is 2. The number of thiophene rings is 1. The SMILES string of the molecule is CC(C)N1C(=O)c2ccccc2Sc2cc(NC(=O)c3ccsc3)ccc21. The van der Waals surface area contributed by atoms with Crippen molar-refractivity contribution >= 4 is 46.3 Å². The molecule has 0 atom stereocenters. The van der Waals surface area contributed by atoms with E-state index in [1.807, 2.05) is 72.0 Å². The standard InChI is InChI=1S/C21H18N2O2S2/c1-13(2)23-17-8-7-15(22-20(24)14-9-10-26-12-14)11-19(17)27-18-6-4-3-5-16(18)21(23)25/h3-13H,1-2H3,(H,22,24). The van der Waals surface area contributed by atoms with E-state index < -0.39 is 0 Å². The fraction of sp³-hybridized carbons (Fsp3) is 0.143. The largest absolute Gasteiger partial charge is 0.322 e. The molecule has 0 radical (unpaired) electrons. The van der Waals surface area contributed by atoms with Gasteiger partial charge >= 0.3 is 0 Å². The first-order valence-corrected chi connectivity index (χ1v) is 10.4. The Morgan fingerprint density at radius 2 is 1.89 bits per heavy atom. The summed E-state index contributed by atoms with van der Waals surface area (Å²) in [6.07, 6.45) is 0. The summed E-state index contributed by atoms with van der Waals surface area (Å²) in [4.78, 5) is 29.2. The average Bonchev–Trinajstić information content (AvgIpc) is 3.15. The summed E-state index contributed by atoms with van der Waals surface area (Å²) in [6.45, 7) is 4.01. The van der Waals surface area contributed by atoms with E-state index in [0.717, 1.165) is 15.5 Å². The Kier molecular flexibility index (Phi) is 4.76. The first-order chi connectivity index (χ1) is 13.0. The molecule has 3 aromatic rings. The summed E-state index contributed by atoms with van der Waals surface area (Å²) in [5.41, 5.74) is 2.93. The van der Waals surface area contributed by atoms with Gasteiger partial charge in [0.25, 0.3) is 11.8 Å². The molecule has 1 aromatic heterocycles. The van der Waals surface area contributed by atoms with Gasteiger partial charge in [-0.15, -0.1) is 0 Å². The highest BCUT2D eigenvalue weighted by Gasteiger charge is 2.29. The molecule has 0 fully saturated rings. The van der Waals surface area contributed by atoms with Gasteiger partial charge in [0.1, 0.15) is 0 Å². The predicted molar refractivity (Wildman–Crippen MR) is 111 cm³/mol. The van der Waals surface area contributed by atoms with Gasteiger partial charge in [0.2, 0.25) is 0 Å². The van der Waals surface area contributed by atoms with Crippen LogP contribution in [0.25, 0.3) is 0 Å². The van der Waals surface area contributed by atoms with Gasteiger partial charge in [-0.1, -0.05) is 23.9 Å². The van der Waals surface area contributed by atoms with Gasteiger partial charge in [0.15, 0.2) is 0 Å². The molecule has 27 heavy (non-hydrogen) atoms. The van der Waals surface area contributed by atoms with Crippen molar-refractivity contribution in [2.45, 2.75) is 29.7 Å². The quantitative estimate of drug-likeness (QED) is 0.636. The van der Waals surface area contributed by atoms with Crippen LogP contribution in [0.3, 0.4) is 0 Å². The number of rotatable bonds is 3. The molecule has 1 N–H and O–H groups in total. The van der Waals surface area contributed by atoms with E-state index in [2.05, 4.69) is 5.32 Å². The average molecular weight is 395 g/mol. The molecule has 0 unspecified atom stereocenters. The number of hydrogen-bond acceptors (Lipinski definition) is 4. The van der Waals surface area contributed by atoms with Crippen molar-refractivity contribution in [1.82, 2.24) is 0 Å².